The van der Waals surface area contributed by atoms with Gasteiger partial charge in [0.25, 0.3) is 0 Å². The number of ether oxygens (including phenoxy) is 2. The summed E-state index contributed by atoms with van der Waals surface area (Å²) in [6.07, 6.45) is 0.268. The summed E-state index contributed by atoms with van der Waals surface area (Å²) < 4.78 is 27.4. The quantitative estimate of drug-likeness (QED) is 0.298. The van der Waals surface area contributed by atoms with E-state index in [1.165, 1.54) is 23.7 Å². The van der Waals surface area contributed by atoms with Gasteiger partial charge in [-0.25, -0.2) is 19.2 Å². The van der Waals surface area contributed by atoms with Gasteiger partial charge < -0.3 is 24.5 Å². The molecule has 0 saturated heterocycles. The lowest BCUT2D eigenvalue weighted by molar-refractivity contribution is 0.209. The van der Waals surface area contributed by atoms with E-state index < -0.39 is 6.09 Å². The van der Waals surface area contributed by atoms with Gasteiger partial charge in [-0.3, -0.25) is 5.32 Å². The van der Waals surface area contributed by atoms with Crippen LogP contribution in [0.2, 0.25) is 0 Å². The highest BCUT2D eigenvalue weighted by molar-refractivity contribution is 7.20. The van der Waals surface area contributed by atoms with Crippen molar-refractivity contribution in [3.05, 3.63) is 48.2 Å². The van der Waals surface area contributed by atoms with Crippen LogP contribution < -0.4 is 20.1 Å². The highest BCUT2D eigenvalue weighted by atomic mass is 32.1. The number of halogens is 1. The third kappa shape index (κ3) is 4.74. The predicted octanol–water partition coefficient (Wildman–Crippen LogP) is 5.22. The summed E-state index contributed by atoms with van der Waals surface area (Å²) in [4.78, 5) is 20.4. The maximum absolute atomic E-state index is 14.6. The number of carbonyl (C=O) groups is 1. The Hall–Kier alpha value is -3.86. The number of hydrogen-bond donors (Lipinski definition) is 3. The smallest absolute Gasteiger partial charge is 0.409 e. The summed E-state index contributed by atoms with van der Waals surface area (Å²) in [7, 11) is 1.57. The van der Waals surface area contributed by atoms with E-state index in [0.717, 1.165) is 16.0 Å². The fourth-order valence-electron chi connectivity index (χ4n) is 3.74. The molecule has 178 valence electrons. The molecule has 34 heavy (non-hydrogen) atoms. The topological polar surface area (TPSA) is 111 Å². The fraction of sp³-hybridized carbons (Fsp3) is 0.261. The molecule has 11 heteroatoms. The van der Waals surface area contributed by atoms with E-state index in [0.29, 0.717) is 53.2 Å². The van der Waals surface area contributed by atoms with Gasteiger partial charge in [0.05, 0.1) is 29.8 Å². The Bertz CT molecular complexity index is 1340. The minimum atomic E-state index is -1.17. The van der Waals surface area contributed by atoms with Crippen LogP contribution in [0, 0.1) is 12.7 Å². The van der Waals surface area contributed by atoms with Crippen molar-refractivity contribution in [1.82, 2.24) is 14.5 Å². The minimum absolute atomic E-state index is 0.304. The fourth-order valence-corrected chi connectivity index (χ4v) is 4.70. The van der Waals surface area contributed by atoms with Gasteiger partial charge in [0, 0.05) is 36.3 Å². The Morgan fingerprint density at radius 3 is 2.79 bits per heavy atom. The number of fused-ring (bicyclic) bond motifs is 1. The Balaban J connectivity index is 1.51. The first-order valence-corrected chi connectivity index (χ1v) is 11.4. The molecule has 0 spiro atoms. The summed E-state index contributed by atoms with van der Waals surface area (Å²) in [6, 6.07) is 8.47. The van der Waals surface area contributed by atoms with Gasteiger partial charge in [0.1, 0.15) is 28.7 Å². The van der Waals surface area contributed by atoms with Crippen molar-refractivity contribution in [3.63, 3.8) is 0 Å². The number of hydrogen-bond acceptors (Lipinski definition) is 7. The van der Waals surface area contributed by atoms with E-state index in [9.17, 15) is 9.18 Å². The molecular formula is C23H24FN5O4S. The van der Waals surface area contributed by atoms with Crippen LogP contribution in [0.25, 0.3) is 21.5 Å². The molecule has 3 aromatic heterocycles. The SMILES string of the molecule is CCOc1cc(-c2cc(NCCn3c(C)cc4c(OC)ccc(F)c43)ncn2)sc1NC(=O)O. The zero-order valence-electron chi connectivity index (χ0n) is 18.9. The number of thiophene rings is 1. The first kappa shape index (κ1) is 23.3. The van der Waals surface area contributed by atoms with Crippen LogP contribution in [0.1, 0.15) is 12.6 Å². The largest absolute Gasteiger partial charge is 0.496 e. The van der Waals surface area contributed by atoms with Gasteiger partial charge in [0.2, 0.25) is 0 Å². The number of rotatable bonds is 9. The molecule has 1 aromatic carbocycles. The number of nitrogens with zero attached hydrogens (tertiary/aromatic N) is 3. The molecule has 0 fully saturated rings. The molecule has 0 atom stereocenters. The second-order valence-electron chi connectivity index (χ2n) is 7.33. The first-order chi connectivity index (χ1) is 16.4. The Morgan fingerprint density at radius 1 is 1.24 bits per heavy atom. The summed E-state index contributed by atoms with van der Waals surface area (Å²) in [6.45, 7) is 5.17. The Labute approximate surface area is 199 Å². The highest BCUT2D eigenvalue weighted by Gasteiger charge is 2.16. The maximum Gasteiger partial charge on any atom is 0.409 e. The van der Waals surface area contributed by atoms with Crippen LogP contribution in [-0.4, -0.2) is 46.0 Å². The third-order valence-electron chi connectivity index (χ3n) is 5.18. The lowest BCUT2D eigenvalue weighted by Gasteiger charge is -2.11. The molecule has 0 aliphatic carbocycles. The molecule has 1 amide bonds. The highest BCUT2D eigenvalue weighted by Crippen LogP contribution is 2.40. The van der Waals surface area contributed by atoms with Crippen LogP contribution in [-0.2, 0) is 6.54 Å². The van der Waals surface area contributed by atoms with Gasteiger partial charge in [-0.2, -0.15) is 0 Å². The average molecular weight is 486 g/mol. The molecule has 0 radical (unpaired) electrons. The molecule has 9 nitrogen and oxygen atoms in total. The van der Waals surface area contributed by atoms with Crippen molar-refractivity contribution < 1.29 is 23.8 Å². The van der Waals surface area contributed by atoms with E-state index in [1.54, 1.807) is 25.3 Å². The third-order valence-corrected chi connectivity index (χ3v) is 6.23. The molecule has 0 unspecified atom stereocenters. The van der Waals surface area contributed by atoms with Gasteiger partial charge in [0.15, 0.2) is 5.75 Å². The standard InChI is InChI=1S/C23H24FN5O4S/c1-4-33-18-11-19(34-22(18)28-23(30)31)16-10-20(27-12-26-16)25-7-8-29-13(2)9-14-17(32-3)6-5-15(24)21(14)29/h5-6,9-12,28H,4,7-8H2,1-3H3,(H,30,31)(H,25,26,27). The number of anilines is 2. The van der Waals surface area contributed by atoms with Crippen LogP contribution in [0.4, 0.5) is 20.0 Å². The lowest BCUT2D eigenvalue weighted by atomic mass is 10.2. The molecule has 3 N–H and O–H groups in total. The maximum atomic E-state index is 14.6. The van der Waals surface area contributed by atoms with Gasteiger partial charge in [-0.15, -0.1) is 11.3 Å². The zero-order valence-corrected chi connectivity index (χ0v) is 19.7. The van der Waals surface area contributed by atoms with Gasteiger partial charge in [-0.05, 0) is 32.0 Å². The Morgan fingerprint density at radius 2 is 2.06 bits per heavy atom. The van der Waals surface area contributed by atoms with Crippen molar-refractivity contribution >= 4 is 39.2 Å². The molecule has 3 heterocycles. The first-order valence-electron chi connectivity index (χ1n) is 10.6. The number of aryl methyl sites for hydroxylation is 1. The van der Waals surface area contributed by atoms with Crippen LogP contribution in [0.3, 0.4) is 0 Å². The van der Waals surface area contributed by atoms with Crippen molar-refractivity contribution in [2.75, 3.05) is 30.9 Å². The molecule has 0 aliphatic rings. The summed E-state index contributed by atoms with van der Waals surface area (Å²) in [5.41, 5.74) is 2.05. The van der Waals surface area contributed by atoms with E-state index in [1.807, 2.05) is 24.5 Å². The molecule has 4 aromatic rings. The molecular weight excluding hydrogens is 461 g/mol. The minimum Gasteiger partial charge on any atom is -0.496 e. The number of benzene rings is 1. The van der Waals surface area contributed by atoms with Crippen LogP contribution >= 0.6 is 11.3 Å². The van der Waals surface area contributed by atoms with E-state index in [4.69, 9.17) is 14.6 Å². The summed E-state index contributed by atoms with van der Waals surface area (Å²) in [5.74, 6) is 1.37. The second kappa shape index (κ2) is 9.96. The Kier molecular flexibility index (Phi) is 6.82. The average Bonchev–Trinajstić information content (AvgIpc) is 3.35. The van der Waals surface area contributed by atoms with Crippen LogP contribution in [0.5, 0.6) is 11.5 Å². The number of aromatic nitrogens is 3. The molecule has 4 rings (SSSR count). The molecule has 0 bridgehead atoms. The number of amides is 1. The van der Waals surface area contributed by atoms with Crippen molar-refractivity contribution in [1.29, 1.82) is 0 Å². The monoisotopic (exact) mass is 485 g/mol. The van der Waals surface area contributed by atoms with Crippen molar-refractivity contribution in [3.8, 4) is 22.1 Å². The summed E-state index contributed by atoms with van der Waals surface area (Å²) >= 11 is 1.23. The van der Waals surface area contributed by atoms with E-state index in [-0.39, 0.29) is 5.82 Å². The predicted molar refractivity (Wildman–Crippen MR) is 130 cm³/mol. The van der Waals surface area contributed by atoms with Crippen molar-refractivity contribution in [2.24, 2.45) is 0 Å². The number of methoxy groups -OCH3 is 1. The van der Waals surface area contributed by atoms with E-state index in [2.05, 4.69) is 20.6 Å². The summed E-state index contributed by atoms with van der Waals surface area (Å²) in [5, 5.41) is 15.8. The lowest BCUT2D eigenvalue weighted by Crippen LogP contribution is -2.12. The second-order valence-corrected chi connectivity index (χ2v) is 8.38. The normalized spacial score (nSPS) is 10.9. The number of carboxylic acid groups (broad SMARTS) is 1. The van der Waals surface area contributed by atoms with Crippen LogP contribution in [0.15, 0.2) is 36.7 Å². The van der Waals surface area contributed by atoms with Gasteiger partial charge >= 0.3 is 6.09 Å². The van der Waals surface area contributed by atoms with Crippen molar-refractivity contribution in [2.45, 2.75) is 20.4 Å². The molecule has 0 aliphatic heterocycles. The number of nitrogens with one attached hydrogen (secondary N) is 2. The van der Waals surface area contributed by atoms with Gasteiger partial charge in [-0.1, -0.05) is 0 Å². The van der Waals surface area contributed by atoms with E-state index >= 15 is 0 Å². The molecule has 0 saturated carbocycles. The zero-order chi connectivity index (χ0) is 24.2.